The summed E-state index contributed by atoms with van der Waals surface area (Å²) in [6, 6.07) is 2.87. The van der Waals surface area contributed by atoms with Gasteiger partial charge < -0.3 is 0 Å². The third-order valence-corrected chi connectivity index (χ3v) is 5.99. The topological polar surface area (TPSA) is 92.7 Å². The highest BCUT2D eigenvalue weighted by molar-refractivity contribution is 4.89. The first-order valence-electron chi connectivity index (χ1n) is 9.86. The van der Waals surface area contributed by atoms with Crippen molar-refractivity contribution in [2.45, 2.75) is 114 Å². The van der Waals surface area contributed by atoms with Crippen LogP contribution in [0.3, 0.4) is 0 Å². The van der Waals surface area contributed by atoms with Crippen LogP contribution in [0, 0.1) is 10.2 Å². The van der Waals surface area contributed by atoms with Crippen molar-refractivity contribution < 1.29 is 28.9 Å². The van der Waals surface area contributed by atoms with Crippen LogP contribution in [0.4, 0.5) is 0 Å². The summed E-state index contributed by atoms with van der Waals surface area (Å²) in [5, 5.41) is 0. The van der Waals surface area contributed by atoms with Crippen molar-refractivity contribution in [3.8, 4) is 0 Å². The molecule has 0 heterocycles. The molecule has 0 amide bonds. The second-order valence-corrected chi connectivity index (χ2v) is 8.51. The minimum Gasteiger partial charge on any atom is -0.294 e. The van der Waals surface area contributed by atoms with E-state index >= 15 is 0 Å². The molecule has 0 aliphatic heterocycles. The fourth-order valence-electron chi connectivity index (χ4n) is 5.03. The van der Waals surface area contributed by atoms with E-state index in [1.54, 1.807) is 0 Å². The van der Waals surface area contributed by atoms with Gasteiger partial charge in [0, 0.05) is 18.1 Å². The van der Waals surface area contributed by atoms with E-state index in [1.165, 1.54) is 96.3 Å². The Kier molecular flexibility index (Phi) is 8.75. The van der Waals surface area contributed by atoms with Gasteiger partial charge in [0.2, 0.25) is 0 Å². The molecule has 0 aromatic rings. The molecule has 3 rings (SSSR count). The van der Waals surface area contributed by atoms with Gasteiger partial charge in [-0.2, -0.15) is 14.0 Å². The Balaban J connectivity index is 0.000000368. The monoisotopic (exact) mass is 363 g/mol. The highest BCUT2D eigenvalue weighted by atomic mass is 35.7. The molecule has 0 unspecified atom stereocenters. The standard InChI is InChI=1S/C18H33N.ClHO4/c1-4-10-16(11-5-1)19(17-12-6-2-7-13-17)18-14-8-3-9-15-18;2-1(3,4)5/h16-18H,1-15H2;(H,2,3,4,5). The van der Waals surface area contributed by atoms with E-state index < -0.39 is 10.2 Å². The Morgan fingerprint density at radius 3 is 0.958 bits per heavy atom. The zero-order valence-corrected chi connectivity index (χ0v) is 15.6. The highest BCUT2D eigenvalue weighted by Crippen LogP contribution is 2.35. The van der Waals surface area contributed by atoms with E-state index in [0.29, 0.717) is 0 Å². The van der Waals surface area contributed by atoms with Crippen molar-refractivity contribution in [3.05, 3.63) is 0 Å². The van der Waals surface area contributed by atoms with Crippen molar-refractivity contribution in [1.82, 2.24) is 4.90 Å². The molecule has 6 heteroatoms. The molecule has 0 atom stereocenters. The summed E-state index contributed by atoms with van der Waals surface area (Å²) in [5.74, 6) is 0. The SMILES string of the molecule is C1CCC(N(C2CCCCC2)C2CCCCC2)CC1.[O-][Cl+3]([O-])([O-])O. The molecular weight excluding hydrogens is 330 g/mol. The lowest BCUT2D eigenvalue weighted by molar-refractivity contribution is -1.92. The maximum atomic E-state index is 8.60. The van der Waals surface area contributed by atoms with Crippen molar-refractivity contribution in [2.24, 2.45) is 0 Å². The Labute approximate surface area is 148 Å². The third kappa shape index (κ3) is 7.54. The van der Waals surface area contributed by atoms with Crippen molar-refractivity contribution in [3.63, 3.8) is 0 Å². The summed E-state index contributed by atoms with van der Waals surface area (Å²) in [6.07, 6.45) is 22.5. The molecule has 24 heavy (non-hydrogen) atoms. The summed E-state index contributed by atoms with van der Waals surface area (Å²) in [5.41, 5.74) is 0. The van der Waals surface area contributed by atoms with E-state index in [2.05, 4.69) is 4.90 Å². The lowest BCUT2D eigenvalue weighted by Crippen LogP contribution is -2.58. The van der Waals surface area contributed by atoms with Gasteiger partial charge in [-0.3, -0.25) is 4.90 Å². The lowest BCUT2D eigenvalue weighted by atomic mass is 9.84. The van der Waals surface area contributed by atoms with Crippen LogP contribution >= 0.6 is 0 Å². The smallest absolute Gasteiger partial charge is 0.0777 e. The molecule has 3 saturated carbocycles. The molecular formula is C18H34ClNO4. The zero-order valence-electron chi connectivity index (χ0n) is 14.8. The number of hydrogen-bond acceptors (Lipinski definition) is 5. The van der Waals surface area contributed by atoms with Gasteiger partial charge in [0.25, 0.3) is 0 Å². The molecule has 0 bridgehead atoms. The van der Waals surface area contributed by atoms with E-state index in [-0.39, 0.29) is 0 Å². The molecule has 0 saturated heterocycles. The first kappa shape index (κ1) is 20.4. The van der Waals surface area contributed by atoms with Crippen molar-refractivity contribution >= 4 is 0 Å². The molecule has 0 aromatic carbocycles. The predicted octanol–water partition coefficient (Wildman–Crippen LogP) is 1.16. The summed E-state index contributed by atoms with van der Waals surface area (Å²) in [4.78, 5) is 3.08. The number of rotatable bonds is 3. The van der Waals surface area contributed by atoms with Crippen LogP contribution in [0.5, 0.6) is 0 Å². The van der Waals surface area contributed by atoms with Crippen LogP contribution < -0.4 is 14.0 Å². The van der Waals surface area contributed by atoms with Crippen LogP contribution in [0.2, 0.25) is 0 Å². The zero-order chi connectivity index (χ0) is 17.4. The van der Waals surface area contributed by atoms with Crippen LogP contribution in [-0.2, 0) is 0 Å². The maximum Gasteiger partial charge on any atom is 0.0777 e. The summed E-state index contributed by atoms with van der Waals surface area (Å²) in [6.45, 7) is 0. The first-order valence-corrected chi connectivity index (χ1v) is 11.1. The van der Waals surface area contributed by atoms with Crippen LogP contribution in [0.15, 0.2) is 0 Å². The van der Waals surface area contributed by atoms with E-state index in [1.807, 2.05) is 0 Å². The Bertz CT molecular complexity index is 284. The Hall–Kier alpha value is 0.0900. The fraction of sp³-hybridized carbons (Fsp3) is 1.00. The summed E-state index contributed by atoms with van der Waals surface area (Å²) < 4.78 is 32.7. The van der Waals surface area contributed by atoms with Crippen LogP contribution in [-0.4, -0.2) is 27.7 Å². The quantitative estimate of drug-likeness (QED) is 0.812. The van der Waals surface area contributed by atoms with Gasteiger partial charge in [0.05, 0.1) is 14.9 Å². The third-order valence-electron chi connectivity index (χ3n) is 5.99. The van der Waals surface area contributed by atoms with Gasteiger partial charge in [-0.25, -0.2) is 0 Å². The molecule has 3 aliphatic rings. The van der Waals surface area contributed by atoms with Gasteiger partial charge in [-0.1, -0.05) is 57.8 Å². The largest absolute Gasteiger partial charge is 0.294 e. The van der Waals surface area contributed by atoms with E-state index in [4.69, 9.17) is 18.6 Å². The summed E-state index contributed by atoms with van der Waals surface area (Å²) in [7, 11) is -4.69. The molecule has 0 radical (unpaired) electrons. The minimum atomic E-state index is -4.69. The molecule has 3 fully saturated rings. The molecule has 5 nitrogen and oxygen atoms in total. The van der Waals surface area contributed by atoms with Crippen molar-refractivity contribution in [1.29, 1.82) is 0 Å². The minimum absolute atomic E-state index is 0.958. The Morgan fingerprint density at radius 1 is 0.542 bits per heavy atom. The molecule has 142 valence electrons. The number of hydrogen-bond donors (Lipinski definition) is 1. The number of halogens is 1. The van der Waals surface area contributed by atoms with Gasteiger partial charge >= 0.3 is 0 Å². The molecule has 0 spiro atoms. The van der Waals surface area contributed by atoms with Gasteiger partial charge in [0.15, 0.2) is 0 Å². The van der Waals surface area contributed by atoms with E-state index in [0.717, 1.165) is 18.1 Å². The first-order chi connectivity index (χ1) is 11.4. The summed E-state index contributed by atoms with van der Waals surface area (Å²) >= 11 is 0. The normalized spacial score (nSPS) is 25.4. The average Bonchev–Trinajstić information content (AvgIpc) is 2.57. The molecule has 0 aromatic heterocycles. The number of nitrogens with zero attached hydrogens (tertiary/aromatic N) is 1. The van der Waals surface area contributed by atoms with Gasteiger partial charge in [-0.05, 0) is 38.5 Å². The Morgan fingerprint density at radius 2 is 0.750 bits per heavy atom. The maximum absolute atomic E-state index is 8.60. The molecule has 3 aliphatic carbocycles. The van der Waals surface area contributed by atoms with Crippen LogP contribution in [0.25, 0.3) is 0 Å². The second kappa shape index (κ2) is 10.3. The predicted molar refractivity (Wildman–Crippen MR) is 84.7 cm³/mol. The average molecular weight is 364 g/mol. The van der Waals surface area contributed by atoms with Gasteiger partial charge in [-0.15, -0.1) is 0 Å². The highest BCUT2D eigenvalue weighted by Gasteiger charge is 2.34. The van der Waals surface area contributed by atoms with Crippen LogP contribution in [0.1, 0.15) is 96.3 Å². The molecule has 1 N–H and O–H groups in total. The van der Waals surface area contributed by atoms with Crippen molar-refractivity contribution in [2.75, 3.05) is 0 Å². The fourth-order valence-corrected chi connectivity index (χ4v) is 5.03. The van der Waals surface area contributed by atoms with Gasteiger partial charge in [0.1, 0.15) is 0 Å². The second-order valence-electron chi connectivity index (χ2n) is 7.72. The van der Waals surface area contributed by atoms with E-state index in [9.17, 15) is 0 Å². The lowest BCUT2D eigenvalue weighted by Gasteiger charge is -2.47.